The van der Waals surface area contributed by atoms with Crippen molar-refractivity contribution >= 4 is 49.6 Å². The summed E-state index contributed by atoms with van der Waals surface area (Å²) in [5, 5.41) is 5.02. The van der Waals surface area contributed by atoms with Gasteiger partial charge in [0.15, 0.2) is 0 Å². The van der Waals surface area contributed by atoms with Crippen LogP contribution < -0.4 is 5.32 Å². The molecular formula is C19H22N2O5S3. The molecular weight excluding hydrogens is 432 g/mol. The van der Waals surface area contributed by atoms with Crippen LogP contribution in [-0.4, -0.2) is 44.3 Å². The van der Waals surface area contributed by atoms with Crippen molar-refractivity contribution in [2.75, 3.05) is 19.0 Å². The zero-order chi connectivity index (χ0) is 20.6. The Kier molecular flexibility index (Phi) is 5.78. The van der Waals surface area contributed by atoms with Gasteiger partial charge in [-0.25, -0.2) is 13.2 Å². The highest BCUT2D eigenvalue weighted by atomic mass is 32.2. The molecule has 3 heterocycles. The number of anilines is 1. The van der Waals surface area contributed by atoms with Gasteiger partial charge in [-0.05, 0) is 49.1 Å². The first-order chi connectivity index (χ1) is 13.9. The maximum atomic E-state index is 13.1. The Balaban J connectivity index is 1.62. The number of aryl methyl sites for hydroxylation is 1. The summed E-state index contributed by atoms with van der Waals surface area (Å²) in [6, 6.07) is 2.45. The van der Waals surface area contributed by atoms with Gasteiger partial charge in [0, 0.05) is 11.4 Å². The highest BCUT2D eigenvalue weighted by Crippen LogP contribution is 2.40. The number of hydrogen-bond donors (Lipinski definition) is 1. The fourth-order valence-corrected chi connectivity index (χ4v) is 8.04. The van der Waals surface area contributed by atoms with E-state index < -0.39 is 27.9 Å². The molecule has 1 aliphatic heterocycles. The maximum absolute atomic E-state index is 13.1. The Morgan fingerprint density at radius 1 is 1.24 bits per heavy atom. The lowest BCUT2D eigenvalue weighted by atomic mass is 10.0. The van der Waals surface area contributed by atoms with E-state index in [4.69, 9.17) is 4.74 Å². The minimum absolute atomic E-state index is 0.238. The smallest absolute Gasteiger partial charge is 0.341 e. The number of amides is 1. The van der Waals surface area contributed by atoms with Crippen LogP contribution in [0.15, 0.2) is 21.7 Å². The van der Waals surface area contributed by atoms with Gasteiger partial charge >= 0.3 is 5.97 Å². The number of methoxy groups -OCH3 is 1. The third-order valence-electron chi connectivity index (χ3n) is 5.36. The van der Waals surface area contributed by atoms with E-state index in [1.165, 1.54) is 22.8 Å². The first-order valence-corrected chi connectivity index (χ1v) is 12.7. The van der Waals surface area contributed by atoms with E-state index in [9.17, 15) is 18.0 Å². The molecule has 1 fully saturated rings. The van der Waals surface area contributed by atoms with Crippen LogP contribution in [0.5, 0.6) is 0 Å². The highest BCUT2D eigenvalue weighted by molar-refractivity contribution is 7.91. The molecule has 2 aliphatic rings. The zero-order valence-electron chi connectivity index (χ0n) is 16.0. The van der Waals surface area contributed by atoms with Crippen LogP contribution in [0.4, 0.5) is 5.00 Å². The summed E-state index contributed by atoms with van der Waals surface area (Å²) in [5.74, 6) is -0.860. The zero-order valence-corrected chi connectivity index (χ0v) is 18.4. The molecule has 4 rings (SSSR count). The number of fused-ring (bicyclic) bond motifs is 1. The average Bonchev–Trinajstić information content (AvgIpc) is 3.45. The van der Waals surface area contributed by atoms with Crippen molar-refractivity contribution in [3.8, 4) is 0 Å². The van der Waals surface area contributed by atoms with E-state index in [0.717, 1.165) is 53.9 Å². The van der Waals surface area contributed by atoms with E-state index >= 15 is 0 Å². The van der Waals surface area contributed by atoms with Gasteiger partial charge in [0.05, 0.1) is 12.7 Å². The van der Waals surface area contributed by atoms with Crippen molar-refractivity contribution in [1.29, 1.82) is 0 Å². The number of rotatable bonds is 5. The summed E-state index contributed by atoms with van der Waals surface area (Å²) in [7, 11) is -2.41. The fraction of sp³-hybridized carbons (Fsp3) is 0.474. The molecule has 1 saturated heterocycles. The molecule has 0 bridgehead atoms. The topological polar surface area (TPSA) is 92.8 Å². The Hall–Kier alpha value is -1.75. The molecule has 2 aromatic rings. The van der Waals surface area contributed by atoms with Gasteiger partial charge in [-0.15, -0.1) is 22.7 Å². The minimum atomic E-state index is -3.73. The largest absolute Gasteiger partial charge is 0.465 e. The highest BCUT2D eigenvalue weighted by Gasteiger charge is 2.39. The molecule has 1 aliphatic carbocycles. The summed E-state index contributed by atoms with van der Waals surface area (Å²) < 4.78 is 32.5. The number of nitrogens with one attached hydrogen (secondary N) is 1. The summed E-state index contributed by atoms with van der Waals surface area (Å²) in [6.45, 7) is 0.309. The minimum Gasteiger partial charge on any atom is -0.465 e. The van der Waals surface area contributed by atoms with Gasteiger partial charge < -0.3 is 10.1 Å². The third kappa shape index (κ3) is 3.74. The van der Waals surface area contributed by atoms with E-state index in [-0.39, 0.29) is 4.21 Å². The molecule has 0 radical (unpaired) electrons. The quantitative estimate of drug-likeness (QED) is 0.700. The van der Waals surface area contributed by atoms with Crippen molar-refractivity contribution in [1.82, 2.24) is 4.31 Å². The molecule has 29 heavy (non-hydrogen) atoms. The molecule has 156 valence electrons. The van der Waals surface area contributed by atoms with Gasteiger partial charge in [-0.1, -0.05) is 12.5 Å². The first kappa shape index (κ1) is 20.5. The lowest BCUT2D eigenvalue weighted by Crippen LogP contribution is -2.49. The number of esters is 1. The lowest BCUT2D eigenvalue weighted by Gasteiger charge is -2.33. The van der Waals surface area contributed by atoms with Crippen molar-refractivity contribution in [2.24, 2.45) is 0 Å². The summed E-state index contributed by atoms with van der Waals surface area (Å²) in [4.78, 5) is 26.5. The molecule has 2 aromatic heterocycles. The Labute approximate surface area is 177 Å². The van der Waals surface area contributed by atoms with Crippen LogP contribution in [-0.2, 0) is 32.4 Å². The molecule has 10 heteroatoms. The second kappa shape index (κ2) is 8.17. The predicted molar refractivity (Wildman–Crippen MR) is 112 cm³/mol. The SMILES string of the molecule is COC(=O)c1c(NC(=O)C2CCCCN2S(=O)(=O)c2cccs2)sc2c1CCC2. The number of thiophene rings is 2. The second-order valence-corrected chi connectivity index (χ2v) is 11.3. The number of hydrogen-bond acceptors (Lipinski definition) is 7. The molecule has 1 N–H and O–H groups in total. The van der Waals surface area contributed by atoms with E-state index in [2.05, 4.69) is 5.32 Å². The number of carbonyl (C=O) groups excluding carboxylic acids is 2. The normalized spacial score (nSPS) is 19.7. The maximum Gasteiger partial charge on any atom is 0.341 e. The number of sulfonamides is 1. The van der Waals surface area contributed by atoms with Crippen LogP contribution in [0, 0.1) is 0 Å². The van der Waals surface area contributed by atoms with Gasteiger partial charge in [0.25, 0.3) is 10.0 Å². The van der Waals surface area contributed by atoms with Crippen molar-refractivity contribution in [2.45, 2.75) is 48.8 Å². The van der Waals surface area contributed by atoms with Crippen LogP contribution in [0.2, 0.25) is 0 Å². The van der Waals surface area contributed by atoms with Crippen LogP contribution in [0.1, 0.15) is 46.5 Å². The van der Waals surface area contributed by atoms with E-state index in [0.29, 0.717) is 23.5 Å². The molecule has 7 nitrogen and oxygen atoms in total. The summed E-state index contributed by atoms with van der Waals surface area (Å²) in [6.07, 6.45) is 4.59. The molecule has 1 unspecified atom stereocenters. The van der Waals surface area contributed by atoms with Crippen LogP contribution >= 0.6 is 22.7 Å². The lowest BCUT2D eigenvalue weighted by molar-refractivity contribution is -0.120. The van der Waals surface area contributed by atoms with Gasteiger partial charge in [0.2, 0.25) is 5.91 Å². The van der Waals surface area contributed by atoms with Crippen molar-refractivity contribution in [3.05, 3.63) is 33.5 Å². The van der Waals surface area contributed by atoms with Gasteiger partial charge in [0.1, 0.15) is 15.3 Å². The first-order valence-electron chi connectivity index (χ1n) is 9.52. The predicted octanol–water partition coefficient (Wildman–Crippen LogP) is 3.27. The van der Waals surface area contributed by atoms with E-state index in [1.807, 2.05) is 0 Å². The monoisotopic (exact) mass is 454 g/mol. The molecule has 1 atom stereocenters. The number of nitrogens with zero attached hydrogens (tertiary/aromatic N) is 1. The third-order valence-corrected chi connectivity index (χ3v) is 9.85. The van der Waals surface area contributed by atoms with Gasteiger partial charge in [-0.3, -0.25) is 4.79 Å². The standard InChI is InChI=1S/C19H22N2O5S3/c1-26-19(23)16-12-6-4-8-14(12)28-18(16)20-17(22)13-7-2-3-10-21(13)29(24,25)15-9-5-11-27-15/h5,9,11,13H,2-4,6-8,10H2,1H3,(H,20,22). The number of ether oxygens (including phenoxy) is 1. The molecule has 0 spiro atoms. The Morgan fingerprint density at radius 2 is 2.07 bits per heavy atom. The number of carbonyl (C=O) groups is 2. The molecule has 0 saturated carbocycles. The average molecular weight is 455 g/mol. The number of piperidine rings is 1. The fourth-order valence-electron chi connectivity index (χ4n) is 3.99. The second-order valence-electron chi connectivity index (χ2n) is 7.10. The summed E-state index contributed by atoms with van der Waals surface area (Å²) in [5.41, 5.74) is 1.37. The Bertz CT molecular complexity index is 1030. The van der Waals surface area contributed by atoms with Gasteiger partial charge in [-0.2, -0.15) is 4.31 Å². The molecule has 0 aromatic carbocycles. The van der Waals surface area contributed by atoms with Crippen molar-refractivity contribution < 1.29 is 22.7 Å². The van der Waals surface area contributed by atoms with Crippen LogP contribution in [0.25, 0.3) is 0 Å². The summed E-state index contributed by atoms with van der Waals surface area (Å²) >= 11 is 2.54. The Morgan fingerprint density at radius 3 is 2.79 bits per heavy atom. The molecule has 1 amide bonds. The van der Waals surface area contributed by atoms with Crippen molar-refractivity contribution in [3.63, 3.8) is 0 Å². The van der Waals surface area contributed by atoms with Crippen LogP contribution in [0.3, 0.4) is 0 Å². The van der Waals surface area contributed by atoms with E-state index in [1.54, 1.807) is 17.5 Å².